The summed E-state index contributed by atoms with van der Waals surface area (Å²) in [4.78, 5) is 26.8. The fraction of sp³-hybridized carbons (Fsp3) is 0.600. The molecule has 0 aliphatic carbocycles. The molecule has 2 fully saturated rings. The Morgan fingerprint density at radius 2 is 2.24 bits per heavy atom. The number of nitrogens with zero attached hydrogens (tertiary/aromatic N) is 1. The molecule has 1 aromatic heterocycles. The Hall–Kier alpha value is -1.40. The molecule has 1 aromatic rings. The van der Waals surface area contributed by atoms with Gasteiger partial charge in [0, 0.05) is 30.9 Å². The van der Waals surface area contributed by atoms with Crippen molar-refractivity contribution < 1.29 is 14.7 Å². The predicted octanol–water partition coefficient (Wildman–Crippen LogP) is 1.61. The summed E-state index contributed by atoms with van der Waals surface area (Å²) in [7, 11) is 0. The maximum Gasteiger partial charge on any atom is 0.309 e. The van der Waals surface area contributed by atoms with Crippen LogP contribution in [0.25, 0.3) is 0 Å². The van der Waals surface area contributed by atoms with Crippen LogP contribution in [0.3, 0.4) is 0 Å². The van der Waals surface area contributed by atoms with Gasteiger partial charge in [-0.05, 0) is 36.8 Å². The Morgan fingerprint density at radius 3 is 2.81 bits per heavy atom. The molecule has 1 atom stereocenters. The predicted molar refractivity (Wildman–Crippen MR) is 80.2 cm³/mol. The number of carbonyl (C=O) groups is 2. The number of nitrogens with one attached hydrogen (secondary N) is 1. The minimum absolute atomic E-state index is 0.120. The Bertz CT molecular complexity index is 561. The van der Waals surface area contributed by atoms with E-state index in [0.29, 0.717) is 0 Å². The lowest BCUT2D eigenvalue weighted by Crippen LogP contribution is -2.55. The van der Waals surface area contributed by atoms with Crippen molar-refractivity contribution in [3.05, 3.63) is 21.9 Å². The minimum Gasteiger partial charge on any atom is -0.481 e. The second kappa shape index (κ2) is 5.42. The lowest BCUT2D eigenvalue weighted by Gasteiger charge is -2.41. The van der Waals surface area contributed by atoms with Gasteiger partial charge in [-0.15, -0.1) is 11.3 Å². The van der Waals surface area contributed by atoms with E-state index in [1.165, 1.54) is 10.4 Å². The lowest BCUT2D eigenvalue weighted by atomic mass is 9.78. The van der Waals surface area contributed by atoms with Crippen LogP contribution in [0.15, 0.2) is 11.4 Å². The molecule has 1 spiro atoms. The van der Waals surface area contributed by atoms with Crippen molar-refractivity contribution in [2.75, 3.05) is 13.1 Å². The fourth-order valence-electron chi connectivity index (χ4n) is 3.47. The number of rotatable bonds is 3. The summed E-state index contributed by atoms with van der Waals surface area (Å²) in [5, 5.41) is 14.4. The molecule has 2 aliphatic heterocycles. The minimum atomic E-state index is -0.851. The molecule has 2 saturated heterocycles. The van der Waals surface area contributed by atoms with Crippen molar-refractivity contribution in [3.8, 4) is 0 Å². The zero-order chi connectivity index (χ0) is 15.0. The van der Waals surface area contributed by atoms with E-state index in [1.807, 2.05) is 0 Å². The number of piperidine rings is 1. The first-order valence-electron chi connectivity index (χ1n) is 7.29. The van der Waals surface area contributed by atoms with Crippen LogP contribution in [0.2, 0.25) is 0 Å². The van der Waals surface area contributed by atoms with E-state index in [-0.39, 0.29) is 12.3 Å². The molecule has 3 heterocycles. The van der Waals surface area contributed by atoms with Gasteiger partial charge in [-0.3, -0.25) is 14.5 Å². The first kappa shape index (κ1) is 14.5. The zero-order valence-electron chi connectivity index (χ0n) is 12.1. The topological polar surface area (TPSA) is 69.6 Å². The number of carboxylic acid groups (broad SMARTS) is 1. The Morgan fingerprint density at radius 1 is 1.52 bits per heavy atom. The Balaban J connectivity index is 1.65. The number of hydrogen-bond donors (Lipinski definition) is 2. The van der Waals surface area contributed by atoms with Crippen LogP contribution in [-0.2, 0) is 16.1 Å². The van der Waals surface area contributed by atoms with Crippen LogP contribution in [0.1, 0.15) is 29.7 Å². The lowest BCUT2D eigenvalue weighted by molar-refractivity contribution is -0.144. The average Bonchev–Trinajstić information content (AvgIpc) is 2.97. The smallest absolute Gasteiger partial charge is 0.309 e. The van der Waals surface area contributed by atoms with E-state index in [9.17, 15) is 14.7 Å². The molecular weight excluding hydrogens is 288 g/mol. The first-order chi connectivity index (χ1) is 10.00. The summed E-state index contributed by atoms with van der Waals surface area (Å²) in [6, 6.07) is 2.13. The average molecular weight is 308 g/mol. The van der Waals surface area contributed by atoms with Gasteiger partial charge < -0.3 is 10.4 Å². The second-order valence-electron chi connectivity index (χ2n) is 6.10. The van der Waals surface area contributed by atoms with Gasteiger partial charge in [0.05, 0.1) is 11.5 Å². The van der Waals surface area contributed by atoms with Gasteiger partial charge in [0.1, 0.15) is 0 Å². The van der Waals surface area contributed by atoms with Crippen molar-refractivity contribution in [2.45, 2.75) is 38.3 Å². The molecule has 2 N–H and O–H groups in total. The van der Waals surface area contributed by atoms with Crippen LogP contribution < -0.4 is 5.32 Å². The molecule has 3 rings (SSSR count). The van der Waals surface area contributed by atoms with Crippen LogP contribution >= 0.6 is 11.3 Å². The van der Waals surface area contributed by atoms with Crippen molar-refractivity contribution in [1.29, 1.82) is 0 Å². The molecule has 0 radical (unpaired) electrons. The Kier molecular flexibility index (Phi) is 3.75. The standard InChI is InChI=1S/C15H20N2O3S/c1-10-2-7-21-12(10)9-17-5-3-15(4-6-17)11(14(19)20)8-13(18)16-15/h2,7,11H,3-6,8-9H2,1H3,(H,16,18)(H,19,20)/t11-/m1/s1. The number of thiophene rings is 1. The highest BCUT2D eigenvalue weighted by molar-refractivity contribution is 7.10. The maximum absolute atomic E-state index is 11.6. The molecule has 21 heavy (non-hydrogen) atoms. The Labute approximate surface area is 128 Å². The van der Waals surface area contributed by atoms with Crippen molar-refractivity contribution in [1.82, 2.24) is 10.2 Å². The molecule has 0 aromatic carbocycles. The third-order valence-corrected chi connectivity index (χ3v) is 5.83. The SMILES string of the molecule is Cc1ccsc1CN1CCC2(CC1)NC(=O)C[C@@H]2C(=O)O. The second-order valence-corrected chi connectivity index (χ2v) is 7.10. The number of carboxylic acids is 1. The highest BCUT2D eigenvalue weighted by atomic mass is 32.1. The van der Waals surface area contributed by atoms with E-state index < -0.39 is 17.4 Å². The summed E-state index contributed by atoms with van der Waals surface area (Å²) in [6.07, 6.45) is 1.57. The molecule has 114 valence electrons. The quantitative estimate of drug-likeness (QED) is 0.890. The summed E-state index contributed by atoms with van der Waals surface area (Å²) in [5.41, 5.74) is 0.794. The van der Waals surface area contributed by atoms with Crippen LogP contribution in [0, 0.1) is 12.8 Å². The summed E-state index contributed by atoms with van der Waals surface area (Å²) >= 11 is 1.77. The van der Waals surface area contributed by atoms with E-state index in [4.69, 9.17) is 0 Å². The van der Waals surface area contributed by atoms with E-state index in [1.54, 1.807) is 11.3 Å². The highest BCUT2D eigenvalue weighted by Crippen LogP contribution is 2.37. The van der Waals surface area contributed by atoms with E-state index in [2.05, 4.69) is 28.6 Å². The van der Waals surface area contributed by atoms with E-state index >= 15 is 0 Å². The number of likely N-dealkylation sites (tertiary alicyclic amines) is 1. The molecule has 0 saturated carbocycles. The van der Waals surface area contributed by atoms with Gasteiger partial charge in [-0.25, -0.2) is 0 Å². The number of aliphatic carboxylic acids is 1. The molecule has 0 bridgehead atoms. The number of amides is 1. The third kappa shape index (κ3) is 2.70. The summed E-state index contributed by atoms with van der Waals surface area (Å²) in [5.74, 6) is -1.54. The number of aryl methyl sites for hydroxylation is 1. The first-order valence-corrected chi connectivity index (χ1v) is 8.17. The molecule has 6 heteroatoms. The third-order valence-electron chi connectivity index (χ3n) is 4.83. The summed E-state index contributed by atoms with van der Waals surface area (Å²) in [6.45, 7) is 4.71. The monoisotopic (exact) mass is 308 g/mol. The molecule has 2 aliphatic rings. The zero-order valence-corrected chi connectivity index (χ0v) is 12.9. The number of carbonyl (C=O) groups excluding carboxylic acids is 1. The van der Waals surface area contributed by atoms with Gasteiger partial charge in [-0.1, -0.05) is 0 Å². The van der Waals surface area contributed by atoms with Crippen LogP contribution in [-0.4, -0.2) is 40.5 Å². The van der Waals surface area contributed by atoms with Gasteiger partial charge >= 0.3 is 5.97 Å². The van der Waals surface area contributed by atoms with E-state index in [0.717, 1.165) is 32.5 Å². The fourth-order valence-corrected chi connectivity index (χ4v) is 4.42. The van der Waals surface area contributed by atoms with Gasteiger partial charge in [-0.2, -0.15) is 0 Å². The molecule has 5 nitrogen and oxygen atoms in total. The van der Waals surface area contributed by atoms with Crippen molar-refractivity contribution in [3.63, 3.8) is 0 Å². The van der Waals surface area contributed by atoms with Gasteiger partial charge in [0.25, 0.3) is 0 Å². The number of hydrogen-bond acceptors (Lipinski definition) is 4. The maximum atomic E-state index is 11.6. The molecule has 0 unspecified atom stereocenters. The van der Waals surface area contributed by atoms with Crippen molar-refractivity contribution in [2.24, 2.45) is 5.92 Å². The van der Waals surface area contributed by atoms with Crippen molar-refractivity contribution >= 4 is 23.2 Å². The molecular formula is C15H20N2O3S. The van der Waals surface area contributed by atoms with Crippen LogP contribution in [0.5, 0.6) is 0 Å². The van der Waals surface area contributed by atoms with Crippen LogP contribution in [0.4, 0.5) is 0 Å². The highest BCUT2D eigenvalue weighted by Gasteiger charge is 2.51. The largest absolute Gasteiger partial charge is 0.481 e. The summed E-state index contributed by atoms with van der Waals surface area (Å²) < 4.78 is 0. The van der Waals surface area contributed by atoms with Gasteiger partial charge in [0.15, 0.2) is 0 Å². The van der Waals surface area contributed by atoms with Gasteiger partial charge in [0.2, 0.25) is 5.91 Å². The normalized spacial score (nSPS) is 25.2. The molecule has 1 amide bonds.